The molecule has 5 aromatic carbocycles. The van der Waals surface area contributed by atoms with E-state index in [2.05, 4.69) is 12.1 Å². The SMILES string of the molecule is Clc1ccc(Oc2ccc(-c3ccc(-c4nc(-c5ccccc5)nc(-c5ccccc5)n4)cc3)cc2)cc1. The molecule has 1 heterocycles. The Morgan fingerprint density at radius 3 is 1.16 bits per heavy atom. The highest BCUT2D eigenvalue weighted by molar-refractivity contribution is 6.30. The normalized spacial score (nSPS) is 10.8. The Kier molecular flexibility index (Phi) is 6.62. The highest BCUT2D eigenvalue weighted by Gasteiger charge is 2.12. The zero-order valence-electron chi connectivity index (χ0n) is 20.3. The Hall–Kier alpha value is -4.80. The fraction of sp³-hybridized carbons (Fsp3) is 0. The summed E-state index contributed by atoms with van der Waals surface area (Å²) in [7, 11) is 0. The average Bonchev–Trinajstić information content (AvgIpc) is 2.99. The number of ether oxygens (including phenoxy) is 1. The second-order valence-corrected chi connectivity index (χ2v) is 9.13. The quantitative estimate of drug-likeness (QED) is 0.224. The van der Waals surface area contributed by atoms with Crippen LogP contribution in [-0.2, 0) is 0 Å². The lowest BCUT2D eigenvalue weighted by Crippen LogP contribution is -2.00. The third-order valence-corrected chi connectivity index (χ3v) is 6.33. The summed E-state index contributed by atoms with van der Waals surface area (Å²) >= 11 is 5.96. The van der Waals surface area contributed by atoms with Gasteiger partial charge in [-0.3, -0.25) is 0 Å². The van der Waals surface area contributed by atoms with Gasteiger partial charge in [0.25, 0.3) is 0 Å². The van der Waals surface area contributed by atoms with Crippen molar-refractivity contribution in [3.05, 3.63) is 138 Å². The number of hydrogen-bond acceptors (Lipinski definition) is 4. The van der Waals surface area contributed by atoms with Crippen molar-refractivity contribution in [3.63, 3.8) is 0 Å². The fourth-order valence-corrected chi connectivity index (χ4v) is 4.23. The van der Waals surface area contributed by atoms with Crippen LogP contribution in [0, 0.1) is 0 Å². The summed E-state index contributed by atoms with van der Waals surface area (Å²) in [5.74, 6) is 3.44. The monoisotopic (exact) mass is 511 g/mol. The molecule has 38 heavy (non-hydrogen) atoms. The molecule has 1 aromatic heterocycles. The summed E-state index contributed by atoms with van der Waals surface area (Å²) < 4.78 is 5.92. The van der Waals surface area contributed by atoms with Crippen LogP contribution in [0.4, 0.5) is 0 Å². The van der Waals surface area contributed by atoms with E-state index in [9.17, 15) is 0 Å². The smallest absolute Gasteiger partial charge is 0.164 e. The van der Waals surface area contributed by atoms with Crippen LogP contribution in [0.25, 0.3) is 45.3 Å². The summed E-state index contributed by atoms with van der Waals surface area (Å²) in [5.41, 5.74) is 5.00. The summed E-state index contributed by atoms with van der Waals surface area (Å²) in [6.45, 7) is 0. The van der Waals surface area contributed by atoms with Gasteiger partial charge in [0.2, 0.25) is 0 Å². The molecule has 0 amide bonds. The van der Waals surface area contributed by atoms with Crippen molar-refractivity contribution in [1.29, 1.82) is 0 Å². The van der Waals surface area contributed by atoms with E-state index in [0.29, 0.717) is 22.5 Å². The van der Waals surface area contributed by atoms with Gasteiger partial charge in [0, 0.05) is 21.7 Å². The van der Waals surface area contributed by atoms with E-state index in [-0.39, 0.29) is 0 Å². The third kappa shape index (κ3) is 5.31. The minimum Gasteiger partial charge on any atom is -0.457 e. The van der Waals surface area contributed by atoms with Crippen LogP contribution < -0.4 is 4.74 Å². The summed E-state index contributed by atoms with van der Waals surface area (Å²) in [5, 5.41) is 0.681. The summed E-state index contributed by atoms with van der Waals surface area (Å²) in [6, 6.07) is 43.6. The molecule has 0 spiro atoms. The van der Waals surface area contributed by atoms with Crippen molar-refractivity contribution in [2.24, 2.45) is 0 Å². The van der Waals surface area contributed by atoms with Crippen LogP contribution in [0.3, 0.4) is 0 Å². The van der Waals surface area contributed by atoms with E-state index in [0.717, 1.165) is 39.3 Å². The third-order valence-electron chi connectivity index (χ3n) is 6.08. The Morgan fingerprint density at radius 1 is 0.368 bits per heavy atom. The number of aromatic nitrogens is 3. The minimum atomic E-state index is 0.635. The molecule has 4 nitrogen and oxygen atoms in total. The van der Waals surface area contributed by atoms with Gasteiger partial charge in [0.15, 0.2) is 17.5 Å². The maximum atomic E-state index is 5.96. The van der Waals surface area contributed by atoms with E-state index in [4.69, 9.17) is 31.3 Å². The zero-order chi connectivity index (χ0) is 25.7. The molecule has 0 atom stereocenters. The molecule has 6 aromatic rings. The fourth-order valence-electron chi connectivity index (χ4n) is 4.10. The molecule has 182 valence electrons. The maximum Gasteiger partial charge on any atom is 0.164 e. The van der Waals surface area contributed by atoms with Gasteiger partial charge in [-0.1, -0.05) is 109 Å². The first-order valence-corrected chi connectivity index (χ1v) is 12.6. The van der Waals surface area contributed by atoms with E-state index in [1.54, 1.807) is 0 Å². The van der Waals surface area contributed by atoms with E-state index >= 15 is 0 Å². The van der Waals surface area contributed by atoms with Gasteiger partial charge in [-0.15, -0.1) is 0 Å². The van der Waals surface area contributed by atoms with Crippen LogP contribution >= 0.6 is 11.6 Å². The molecule has 0 bridgehead atoms. The lowest BCUT2D eigenvalue weighted by atomic mass is 10.0. The van der Waals surface area contributed by atoms with Crippen molar-refractivity contribution in [3.8, 4) is 56.8 Å². The Morgan fingerprint density at radius 2 is 0.711 bits per heavy atom. The van der Waals surface area contributed by atoms with Gasteiger partial charge in [-0.2, -0.15) is 0 Å². The van der Waals surface area contributed by atoms with Crippen molar-refractivity contribution in [2.45, 2.75) is 0 Å². The Labute approximate surface area is 226 Å². The topological polar surface area (TPSA) is 47.9 Å². The van der Waals surface area contributed by atoms with Gasteiger partial charge >= 0.3 is 0 Å². The molecule has 0 saturated heterocycles. The molecule has 6 rings (SSSR count). The van der Waals surface area contributed by atoms with Crippen LogP contribution in [-0.4, -0.2) is 15.0 Å². The van der Waals surface area contributed by atoms with Crippen molar-refractivity contribution in [1.82, 2.24) is 15.0 Å². The molecule has 0 N–H and O–H groups in total. The Balaban J connectivity index is 1.28. The lowest BCUT2D eigenvalue weighted by molar-refractivity contribution is 0.483. The number of rotatable bonds is 6. The molecule has 0 aliphatic rings. The van der Waals surface area contributed by atoms with Crippen LogP contribution in [0.15, 0.2) is 133 Å². The summed E-state index contributed by atoms with van der Waals surface area (Å²) in [6.07, 6.45) is 0. The van der Waals surface area contributed by atoms with Gasteiger partial charge in [-0.05, 0) is 47.5 Å². The molecular weight excluding hydrogens is 490 g/mol. The molecule has 0 aliphatic carbocycles. The minimum absolute atomic E-state index is 0.635. The first kappa shape index (κ1) is 23.6. The maximum absolute atomic E-state index is 5.96. The van der Waals surface area contributed by atoms with Crippen LogP contribution in [0.2, 0.25) is 5.02 Å². The highest BCUT2D eigenvalue weighted by atomic mass is 35.5. The largest absolute Gasteiger partial charge is 0.457 e. The molecule has 0 aliphatic heterocycles. The number of nitrogens with zero attached hydrogens (tertiary/aromatic N) is 3. The molecular formula is C33H22ClN3O. The highest BCUT2D eigenvalue weighted by Crippen LogP contribution is 2.29. The van der Waals surface area contributed by atoms with Crippen molar-refractivity contribution < 1.29 is 4.74 Å². The van der Waals surface area contributed by atoms with E-state index < -0.39 is 0 Å². The van der Waals surface area contributed by atoms with Gasteiger partial charge < -0.3 is 4.74 Å². The molecule has 0 unspecified atom stereocenters. The average molecular weight is 512 g/mol. The second kappa shape index (κ2) is 10.7. The zero-order valence-corrected chi connectivity index (χ0v) is 21.1. The van der Waals surface area contributed by atoms with Crippen LogP contribution in [0.1, 0.15) is 0 Å². The van der Waals surface area contributed by atoms with E-state index in [1.165, 1.54) is 0 Å². The van der Waals surface area contributed by atoms with Gasteiger partial charge in [0.05, 0.1) is 0 Å². The Bertz CT molecular complexity index is 1600. The first-order chi connectivity index (χ1) is 18.7. The number of benzene rings is 5. The lowest BCUT2D eigenvalue weighted by Gasteiger charge is -2.09. The van der Waals surface area contributed by atoms with Gasteiger partial charge in [-0.25, -0.2) is 15.0 Å². The predicted octanol–water partition coefficient (Wildman–Crippen LogP) is 8.99. The van der Waals surface area contributed by atoms with Gasteiger partial charge in [0.1, 0.15) is 11.5 Å². The second-order valence-electron chi connectivity index (χ2n) is 8.70. The molecule has 5 heteroatoms. The first-order valence-electron chi connectivity index (χ1n) is 12.2. The number of halogens is 1. The summed E-state index contributed by atoms with van der Waals surface area (Å²) in [4.78, 5) is 14.4. The van der Waals surface area contributed by atoms with E-state index in [1.807, 2.05) is 121 Å². The van der Waals surface area contributed by atoms with Crippen molar-refractivity contribution >= 4 is 11.6 Å². The molecule has 0 radical (unpaired) electrons. The molecule has 0 saturated carbocycles. The van der Waals surface area contributed by atoms with Crippen LogP contribution in [0.5, 0.6) is 11.5 Å². The number of hydrogen-bond donors (Lipinski definition) is 0. The predicted molar refractivity (Wildman–Crippen MR) is 153 cm³/mol. The standard InChI is InChI=1S/C33H22ClN3O/c34-28-17-21-30(22-18-28)38-29-19-15-24(16-20-29)23-11-13-27(14-12-23)33-36-31(25-7-3-1-4-8-25)35-32(37-33)26-9-5-2-6-10-26/h1-22H. The molecule has 0 fully saturated rings. The van der Waals surface area contributed by atoms with Crippen molar-refractivity contribution in [2.75, 3.05) is 0 Å².